The van der Waals surface area contributed by atoms with Gasteiger partial charge in [0.15, 0.2) is 0 Å². The van der Waals surface area contributed by atoms with E-state index in [0.717, 1.165) is 34.0 Å². The average Bonchev–Trinajstić information content (AvgIpc) is 3.10. The van der Waals surface area contributed by atoms with Gasteiger partial charge in [-0.3, -0.25) is 4.79 Å². The largest absolute Gasteiger partial charge is 0.462 e. The Labute approximate surface area is 200 Å². The van der Waals surface area contributed by atoms with Gasteiger partial charge in [0.2, 0.25) is 10.0 Å². The zero-order valence-electron chi connectivity index (χ0n) is 20.0. The Morgan fingerprint density at radius 2 is 1.82 bits per heavy atom. The maximum absolute atomic E-state index is 13.0. The third-order valence-electron chi connectivity index (χ3n) is 6.09. The molecule has 1 amide bonds. The molecule has 2 aromatic rings. The molecule has 0 saturated carbocycles. The topological polar surface area (TPSA) is 92.8 Å². The van der Waals surface area contributed by atoms with Gasteiger partial charge in [0, 0.05) is 24.5 Å². The number of rotatable bonds is 6. The minimum Gasteiger partial charge on any atom is -0.462 e. The third kappa shape index (κ3) is 5.31. The number of ether oxygens (including phenoxy) is 1. The van der Waals surface area contributed by atoms with Crippen molar-refractivity contribution in [2.24, 2.45) is 11.3 Å². The van der Waals surface area contributed by atoms with E-state index in [4.69, 9.17) is 4.74 Å². The molecule has 1 N–H and O–H groups in total. The van der Waals surface area contributed by atoms with Gasteiger partial charge in [0.25, 0.3) is 5.91 Å². The minimum absolute atomic E-state index is 0.107. The molecule has 1 unspecified atom stereocenters. The predicted molar refractivity (Wildman–Crippen MR) is 131 cm³/mol. The lowest BCUT2D eigenvalue weighted by atomic mass is 9.72. The second-order valence-electron chi connectivity index (χ2n) is 9.50. The molecular formula is C24H32N2O5S2. The Bertz CT molecular complexity index is 1140. The first-order valence-electron chi connectivity index (χ1n) is 11.0. The van der Waals surface area contributed by atoms with Crippen LogP contribution in [0.3, 0.4) is 0 Å². The van der Waals surface area contributed by atoms with E-state index < -0.39 is 21.9 Å². The molecule has 0 aliphatic heterocycles. The molecular weight excluding hydrogens is 460 g/mol. The highest BCUT2D eigenvalue weighted by Crippen LogP contribution is 2.44. The highest BCUT2D eigenvalue weighted by molar-refractivity contribution is 7.89. The molecule has 7 nitrogen and oxygen atoms in total. The van der Waals surface area contributed by atoms with Crippen LogP contribution in [0.15, 0.2) is 29.2 Å². The number of hydrogen-bond donors (Lipinski definition) is 1. The molecule has 1 atom stereocenters. The van der Waals surface area contributed by atoms with Gasteiger partial charge in [0.1, 0.15) is 5.00 Å². The number of nitrogens with one attached hydrogen (secondary N) is 1. The van der Waals surface area contributed by atoms with Crippen molar-refractivity contribution in [3.8, 4) is 0 Å². The molecule has 0 spiro atoms. The van der Waals surface area contributed by atoms with Crippen molar-refractivity contribution in [2.75, 3.05) is 26.0 Å². The standard InChI is InChI=1S/C24H32N2O5S2/c1-7-31-23(28)20-18-13-10-16(24(2,3)4)14-19(18)32-22(20)25-21(27)15-8-11-17(12-9-15)33(29,30)26(5)6/h8-9,11-12,16H,7,10,13-14H2,1-6H3,(H,25,27). The normalized spacial score (nSPS) is 16.4. The summed E-state index contributed by atoms with van der Waals surface area (Å²) in [5, 5.41) is 3.37. The number of fused-ring (bicyclic) bond motifs is 1. The van der Waals surface area contributed by atoms with Crippen LogP contribution < -0.4 is 5.32 Å². The van der Waals surface area contributed by atoms with E-state index in [9.17, 15) is 18.0 Å². The van der Waals surface area contributed by atoms with E-state index in [-0.39, 0.29) is 16.9 Å². The van der Waals surface area contributed by atoms with Crippen molar-refractivity contribution in [2.45, 2.75) is 51.9 Å². The maximum atomic E-state index is 13.0. The molecule has 0 saturated heterocycles. The van der Waals surface area contributed by atoms with Crippen molar-refractivity contribution in [3.63, 3.8) is 0 Å². The monoisotopic (exact) mass is 492 g/mol. The Morgan fingerprint density at radius 1 is 1.18 bits per heavy atom. The van der Waals surface area contributed by atoms with E-state index in [2.05, 4.69) is 26.1 Å². The zero-order chi connectivity index (χ0) is 24.6. The van der Waals surface area contributed by atoms with Crippen molar-refractivity contribution in [1.82, 2.24) is 4.31 Å². The summed E-state index contributed by atoms with van der Waals surface area (Å²) in [6, 6.07) is 5.76. The Morgan fingerprint density at radius 3 is 2.36 bits per heavy atom. The highest BCUT2D eigenvalue weighted by Gasteiger charge is 2.34. The third-order valence-corrected chi connectivity index (χ3v) is 9.09. The minimum atomic E-state index is -3.58. The lowest BCUT2D eigenvalue weighted by molar-refractivity contribution is 0.0526. The van der Waals surface area contributed by atoms with Gasteiger partial charge in [-0.15, -0.1) is 11.3 Å². The molecule has 33 heavy (non-hydrogen) atoms. The molecule has 9 heteroatoms. The van der Waals surface area contributed by atoms with E-state index in [1.54, 1.807) is 6.92 Å². The smallest absolute Gasteiger partial charge is 0.341 e. The molecule has 0 radical (unpaired) electrons. The average molecular weight is 493 g/mol. The number of anilines is 1. The number of sulfonamides is 1. The summed E-state index contributed by atoms with van der Waals surface area (Å²) in [7, 11) is -0.672. The van der Waals surface area contributed by atoms with Crippen molar-refractivity contribution in [1.29, 1.82) is 0 Å². The molecule has 0 fully saturated rings. The maximum Gasteiger partial charge on any atom is 0.341 e. The fraction of sp³-hybridized carbons (Fsp3) is 0.500. The summed E-state index contributed by atoms with van der Waals surface area (Å²) >= 11 is 1.43. The van der Waals surface area contributed by atoms with Crippen LogP contribution in [0.2, 0.25) is 0 Å². The number of hydrogen-bond acceptors (Lipinski definition) is 6. The lowest BCUT2D eigenvalue weighted by Gasteiger charge is -2.33. The highest BCUT2D eigenvalue weighted by atomic mass is 32.2. The molecule has 0 bridgehead atoms. The summed E-state index contributed by atoms with van der Waals surface area (Å²) < 4.78 is 31.0. The number of carbonyl (C=O) groups is 2. The van der Waals surface area contributed by atoms with Gasteiger partial charge < -0.3 is 10.1 Å². The van der Waals surface area contributed by atoms with Crippen molar-refractivity contribution in [3.05, 3.63) is 45.8 Å². The summed E-state index contributed by atoms with van der Waals surface area (Å²) in [6.07, 6.45) is 2.62. The van der Waals surface area contributed by atoms with Crippen LogP contribution in [0.25, 0.3) is 0 Å². The van der Waals surface area contributed by atoms with Gasteiger partial charge >= 0.3 is 5.97 Å². The Hall–Kier alpha value is -2.23. The molecule has 1 heterocycles. The van der Waals surface area contributed by atoms with Gasteiger partial charge in [0.05, 0.1) is 17.1 Å². The van der Waals surface area contributed by atoms with Crippen LogP contribution in [0.4, 0.5) is 5.00 Å². The van der Waals surface area contributed by atoms with Crippen molar-refractivity contribution < 1.29 is 22.7 Å². The summed E-state index contributed by atoms with van der Waals surface area (Å²) in [5.74, 6) is -0.333. The number of nitrogens with zero attached hydrogens (tertiary/aromatic N) is 1. The van der Waals surface area contributed by atoms with Crippen molar-refractivity contribution >= 4 is 38.2 Å². The summed E-state index contributed by atoms with van der Waals surface area (Å²) in [4.78, 5) is 27.0. The first kappa shape index (κ1) is 25.4. The van der Waals surface area contributed by atoms with Crippen LogP contribution in [-0.2, 0) is 27.6 Å². The molecule has 1 aromatic heterocycles. The molecule has 1 aliphatic carbocycles. The second-order valence-corrected chi connectivity index (χ2v) is 12.8. The fourth-order valence-electron chi connectivity index (χ4n) is 4.00. The molecule has 1 aromatic carbocycles. The Balaban J connectivity index is 1.91. The zero-order valence-corrected chi connectivity index (χ0v) is 21.7. The van der Waals surface area contributed by atoms with E-state index in [1.807, 2.05) is 0 Å². The number of amides is 1. The fourth-order valence-corrected chi connectivity index (χ4v) is 6.21. The SMILES string of the molecule is CCOC(=O)c1c(NC(=O)c2ccc(S(=O)(=O)N(C)C)cc2)sc2c1CCC(C(C)(C)C)C2. The van der Waals surface area contributed by atoms with Crippen LogP contribution >= 0.6 is 11.3 Å². The number of esters is 1. The van der Waals surface area contributed by atoms with Gasteiger partial charge in [-0.1, -0.05) is 20.8 Å². The second kappa shape index (κ2) is 9.56. The first-order chi connectivity index (χ1) is 15.4. The van der Waals surface area contributed by atoms with E-state index >= 15 is 0 Å². The Kier molecular flexibility index (Phi) is 7.36. The van der Waals surface area contributed by atoms with Crippen LogP contribution in [0.1, 0.15) is 65.3 Å². The van der Waals surface area contributed by atoms with Crippen LogP contribution in [0, 0.1) is 11.3 Å². The molecule has 3 rings (SSSR count). The molecule has 1 aliphatic rings. The summed E-state index contributed by atoms with van der Waals surface area (Å²) in [6.45, 7) is 8.69. The number of benzene rings is 1. The van der Waals surface area contributed by atoms with E-state index in [0.29, 0.717) is 22.0 Å². The quantitative estimate of drug-likeness (QED) is 0.596. The van der Waals surface area contributed by atoms with Gasteiger partial charge in [-0.25, -0.2) is 17.5 Å². The first-order valence-corrected chi connectivity index (χ1v) is 13.3. The molecule has 180 valence electrons. The summed E-state index contributed by atoms with van der Waals surface area (Å²) in [5.41, 5.74) is 1.89. The predicted octanol–water partition coefficient (Wildman–Crippen LogP) is 4.58. The number of thiophene rings is 1. The van der Waals surface area contributed by atoms with Gasteiger partial charge in [-0.2, -0.15) is 0 Å². The van der Waals surface area contributed by atoms with Crippen LogP contribution in [-0.4, -0.2) is 45.3 Å². The number of carbonyl (C=O) groups excluding carboxylic acids is 2. The van der Waals surface area contributed by atoms with Crippen LogP contribution in [0.5, 0.6) is 0 Å². The van der Waals surface area contributed by atoms with E-state index in [1.165, 1.54) is 49.7 Å². The lowest BCUT2D eigenvalue weighted by Crippen LogP contribution is -2.26. The van der Waals surface area contributed by atoms with Gasteiger partial charge in [-0.05, 0) is 67.3 Å².